The number of fused-ring (bicyclic) bond motifs is 1. The first-order chi connectivity index (χ1) is 8.83. The van der Waals surface area contributed by atoms with Gasteiger partial charge in [0, 0.05) is 11.8 Å². The Morgan fingerprint density at radius 1 is 1.17 bits per heavy atom. The van der Waals surface area contributed by atoms with E-state index >= 15 is 0 Å². The molecule has 0 spiro atoms. The van der Waals surface area contributed by atoms with Crippen LogP contribution in [0.4, 0.5) is 0 Å². The smallest absolute Gasteiger partial charge is 0.163 e. The summed E-state index contributed by atoms with van der Waals surface area (Å²) in [5.41, 5.74) is 2.23. The molecule has 1 aromatic rings. The monoisotopic (exact) mass is 238 g/mol. The Balaban J connectivity index is 1.85. The van der Waals surface area contributed by atoms with Gasteiger partial charge in [-0.2, -0.15) is 0 Å². The van der Waals surface area contributed by atoms with E-state index in [1.807, 2.05) is 41.5 Å². The van der Waals surface area contributed by atoms with Gasteiger partial charge in [-0.25, -0.2) is 11.0 Å². The molecule has 3 rings (SSSR count). The van der Waals surface area contributed by atoms with Crippen LogP contribution in [0, 0.1) is 0 Å². The third kappa shape index (κ3) is 2.06. The number of hydrogen-bond donors (Lipinski definition) is 1. The quantitative estimate of drug-likeness (QED) is 0.800. The average Bonchev–Trinajstić information content (AvgIpc) is 2.78. The summed E-state index contributed by atoms with van der Waals surface area (Å²) in [5.74, 6) is 6.58. The largest absolute Gasteiger partial charge is 0.310 e. The molecular weight excluding hydrogens is 224 g/mol. The first kappa shape index (κ1) is 10.8. The highest BCUT2D eigenvalue weighted by atomic mass is 15.7. The molecule has 1 aromatic carbocycles. The molecule has 4 heteroatoms. The number of nitrogens with two attached hydrogens (primary N) is 1. The minimum absolute atomic E-state index is 0.600. The van der Waals surface area contributed by atoms with E-state index in [9.17, 15) is 0 Å². The summed E-state index contributed by atoms with van der Waals surface area (Å²) in [6.45, 7) is 0.600. The second kappa shape index (κ2) is 4.50. The van der Waals surface area contributed by atoms with E-state index in [4.69, 9.17) is 5.84 Å². The molecule has 0 unspecified atom stereocenters. The third-order valence-electron chi connectivity index (χ3n) is 2.85. The molecule has 0 radical (unpaired) electrons. The molecule has 0 aliphatic carbocycles. The molecule has 0 fully saturated rings. The van der Waals surface area contributed by atoms with Crippen molar-refractivity contribution in [2.45, 2.75) is 0 Å². The molecule has 2 N–H and O–H groups in total. The van der Waals surface area contributed by atoms with Crippen LogP contribution in [0.2, 0.25) is 0 Å². The van der Waals surface area contributed by atoms with E-state index in [-0.39, 0.29) is 0 Å². The van der Waals surface area contributed by atoms with E-state index in [1.54, 1.807) is 0 Å². The van der Waals surface area contributed by atoms with E-state index in [1.165, 1.54) is 10.7 Å². The van der Waals surface area contributed by atoms with Gasteiger partial charge in [0.25, 0.3) is 0 Å². The second-order valence-corrected chi connectivity index (χ2v) is 4.18. The first-order valence-corrected chi connectivity index (χ1v) is 5.82. The van der Waals surface area contributed by atoms with Crippen LogP contribution in [0.5, 0.6) is 0 Å². The van der Waals surface area contributed by atoms with Gasteiger partial charge in [0.05, 0.1) is 0 Å². The van der Waals surface area contributed by atoms with Crippen molar-refractivity contribution < 1.29 is 0 Å². The van der Waals surface area contributed by atoms with Crippen LogP contribution in [0.25, 0.3) is 6.08 Å². The van der Waals surface area contributed by atoms with Crippen molar-refractivity contribution in [3.8, 4) is 0 Å². The van der Waals surface area contributed by atoms with E-state index in [0.717, 1.165) is 11.4 Å². The van der Waals surface area contributed by atoms with Gasteiger partial charge in [-0.3, -0.25) is 0 Å². The predicted octanol–water partition coefficient (Wildman–Crippen LogP) is 1.92. The third-order valence-corrected chi connectivity index (χ3v) is 2.85. The van der Waals surface area contributed by atoms with Crippen molar-refractivity contribution in [2.75, 3.05) is 6.67 Å². The zero-order valence-electron chi connectivity index (χ0n) is 9.90. The van der Waals surface area contributed by atoms with Crippen molar-refractivity contribution in [2.24, 2.45) is 10.9 Å². The van der Waals surface area contributed by atoms with Crippen molar-refractivity contribution >= 4 is 11.9 Å². The minimum atomic E-state index is 0.600. The van der Waals surface area contributed by atoms with Crippen molar-refractivity contribution in [1.29, 1.82) is 0 Å². The fourth-order valence-electron chi connectivity index (χ4n) is 1.98. The summed E-state index contributed by atoms with van der Waals surface area (Å²) >= 11 is 0. The summed E-state index contributed by atoms with van der Waals surface area (Å²) in [7, 11) is 0. The van der Waals surface area contributed by atoms with Crippen LogP contribution in [-0.2, 0) is 0 Å². The Morgan fingerprint density at radius 2 is 2.00 bits per heavy atom. The first-order valence-electron chi connectivity index (χ1n) is 5.82. The molecule has 0 saturated carbocycles. The Labute approximate surface area is 106 Å². The number of amidine groups is 1. The van der Waals surface area contributed by atoms with E-state index < -0.39 is 0 Å². The Hall–Kier alpha value is -2.33. The summed E-state index contributed by atoms with van der Waals surface area (Å²) in [6.07, 6.45) is 10.1. The molecule has 2 aliphatic rings. The molecule has 4 nitrogen and oxygen atoms in total. The van der Waals surface area contributed by atoms with Gasteiger partial charge in [0.1, 0.15) is 6.67 Å². The van der Waals surface area contributed by atoms with E-state index in [0.29, 0.717) is 6.67 Å². The standard InChI is InChI=1S/C14H14N4/c15-18-11-17-10-4-7-13(14(17)16-18)9-8-12-5-2-1-3-6-12/h1-10H,11,15H2/b9-8+. The predicted molar refractivity (Wildman–Crippen MR) is 72.9 cm³/mol. The Kier molecular flexibility index (Phi) is 2.70. The van der Waals surface area contributed by atoms with Crippen molar-refractivity contribution in [1.82, 2.24) is 10.0 Å². The number of rotatable bonds is 2. The minimum Gasteiger partial charge on any atom is -0.310 e. The highest BCUT2D eigenvalue weighted by Gasteiger charge is 2.22. The fraction of sp³-hybridized carbons (Fsp3) is 0.0714. The van der Waals surface area contributed by atoms with Crippen LogP contribution in [-0.4, -0.2) is 22.5 Å². The van der Waals surface area contributed by atoms with Gasteiger partial charge in [-0.1, -0.05) is 42.5 Å². The number of benzene rings is 1. The van der Waals surface area contributed by atoms with Gasteiger partial charge in [-0.05, 0) is 17.7 Å². The normalized spacial score (nSPS) is 18.1. The second-order valence-electron chi connectivity index (χ2n) is 4.18. The number of hydrogen-bond acceptors (Lipinski definition) is 4. The summed E-state index contributed by atoms with van der Waals surface area (Å²) < 4.78 is 0. The molecule has 90 valence electrons. The maximum atomic E-state index is 5.68. The van der Waals surface area contributed by atoms with Crippen LogP contribution in [0.3, 0.4) is 0 Å². The summed E-state index contributed by atoms with van der Waals surface area (Å²) in [4.78, 5) is 2.02. The van der Waals surface area contributed by atoms with Crippen LogP contribution >= 0.6 is 0 Å². The van der Waals surface area contributed by atoms with Gasteiger partial charge in [0.2, 0.25) is 0 Å². The fourth-order valence-corrected chi connectivity index (χ4v) is 1.98. The lowest BCUT2D eigenvalue weighted by Gasteiger charge is -2.17. The number of allylic oxidation sites excluding steroid dienone is 2. The highest BCUT2D eigenvalue weighted by Crippen LogP contribution is 2.18. The molecule has 2 heterocycles. The zero-order chi connectivity index (χ0) is 12.4. The molecule has 2 aliphatic heterocycles. The van der Waals surface area contributed by atoms with Gasteiger partial charge in [-0.15, -0.1) is 5.10 Å². The lowest BCUT2D eigenvalue weighted by molar-refractivity contribution is 0.271. The number of hydrazine groups is 1. The summed E-state index contributed by atoms with van der Waals surface area (Å²) in [5, 5.41) is 5.73. The van der Waals surface area contributed by atoms with Gasteiger partial charge < -0.3 is 4.90 Å². The maximum Gasteiger partial charge on any atom is 0.163 e. The SMILES string of the molecule is NN1CN2C=CC=C(/C=C/c3ccccc3)C2=N1. The Bertz CT molecular complexity index is 554. The molecule has 18 heavy (non-hydrogen) atoms. The Morgan fingerprint density at radius 3 is 2.83 bits per heavy atom. The molecule has 0 atom stereocenters. The van der Waals surface area contributed by atoms with Gasteiger partial charge in [0.15, 0.2) is 5.84 Å². The summed E-state index contributed by atoms with van der Waals surface area (Å²) in [6, 6.07) is 10.2. The molecule has 0 saturated heterocycles. The zero-order valence-corrected chi connectivity index (χ0v) is 9.90. The van der Waals surface area contributed by atoms with Crippen LogP contribution in [0.1, 0.15) is 5.56 Å². The number of nitrogens with zero attached hydrogens (tertiary/aromatic N) is 3. The number of hydrazone groups is 1. The van der Waals surface area contributed by atoms with Crippen LogP contribution in [0.15, 0.2) is 65.4 Å². The molecule has 0 bridgehead atoms. The molecule has 0 amide bonds. The molecular formula is C14H14N4. The van der Waals surface area contributed by atoms with Crippen molar-refractivity contribution in [3.05, 3.63) is 65.9 Å². The van der Waals surface area contributed by atoms with Gasteiger partial charge >= 0.3 is 0 Å². The maximum absolute atomic E-state index is 5.68. The highest BCUT2D eigenvalue weighted by molar-refractivity contribution is 6.03. The van der Waals surface area contributed by atoms with E-state index in [2.05, 4.69) is 29.4 Å². The molecule has 0 aromatic heterocycles. The lowest BCUT2D eigenvalue weighted by atomic mass is 10.1. The lowest BCUT2D eigenvalue weighted by Crippen LogP contribution is -2.30. The van der Waals surface area contributed by atoms with Crippen molar-refractivity contribution in [3.63, 3.8) is 0 Å². The van der Waals surface area contributed by atoms with Crippen LogP contribution < -0.4 is 5.84 Å². The average molecular weight is 238 g/mol. The topological polar surface area (TPSA) is 44.9 Å².